The number of ether oxygens (including phenoxy) is 1. The van der Waals surface area contributed by atoms with Crippen LogP contribution in [0.2, 0.25) is 5.02 Å². The Labute approximate surface area is 172 Å². The largest absolute Gasteiger partial charge is 0.378 e. The van der Waals surface area contributed by atoms with E-state index in [4.69, 9.17) is 16.3 Å². The third-order valence-electron chi connectivity index (χ3n) is 3.16. The maximum absolute atomic E-state index is 11.0. The first-order chi connectivity index (χ1) is 11.3. The van der Waals surface area contributed by atoms with Crippen molar-refractivity contribution in [1.82, 2.24) is 10.2 Å². The molecule has 6 nitrogen and oxygen atoms in total. The predicted molar refractivity (Wildman–Crippen MR) is 115 cm³/mol. The number of halogens is 2. The van der Waals surface area contributed by atoms with E-state index in [0.29, 0.717) is 19.7 Å². The standard InChI is InChI=1S/C16H26ClN3O3S.HI/c1-4-18-16(19-9-10-23-11-12-24(3,21)22)20(2)13-14-7-5-6-8-15(14)17;/h5-8H,4,9-13H2,1-3H3,(H,18,19);1H. The summed E-state index contributed by atoms with van der Waals surface area (Å²) in [5, 5.41) is 3.94. The van der Waals surface area contributed by atoms with Crippen LogP contribution in [0.25, 0.3) is 0 Å². The number of benzene rings is 1. The monoisotopic (exact) mass is 503 g/mol. The molecule has 1 aromatic carbocycles. The van der Waals surface area contributed by atoms with E-state index >= 15 is 0 Å². The minimum absolute atomic E-state index is 0. The van der Waals surface area contributed by atoms with Crippen molar-refractivity contribution in [2.45, 2.75) is 13.5 Å². The van der Waals surface area contributed by atoms with Crippen LogP contribution in [0, 0.1) is 0 Å². The molecule has 0 aromatic heterocycles. The van der Waals surface area contributed by atoms with Gasteiger partial charge in [0.15, 0.2) is 5.96 Å². The summed E-state index contributed by atoms with van der Waals surface area (Å²) < 4.78 is 27.3. The quantitative estimate of drug-likeness (QED) is 0.243. The third-order valence-corrected chi connectivity index (χ3v) is 4.43. The van der Waals surface area contributed by atoms with Crippen molar-refractivity contribution in [3.63, 3.8) is 0 Å². The smallest absolute Gasteiger partial charge is 0.194 e. The molecule has 0 bridgehead atoms. The summed E-state index contributed by atoms with van der Waals surface area (Å²) in [4.78, 5) is 6.47. The van der Waals surface area contributed by atoms with E-state index in [1.165, 1.54) is 6.26 Å². The van der Waals surface area contributed by atoms with Crippen molar-refractivity contribution >= 4 is 51.4 Å². The zero-order valence-corrected chi connectivity index (χ0v) is 18.8. The van der Waals surface area contributed by atoms with Crippen molar-refractivity contribution in [2.24, 2.45) is 4.99 Å². The fourth-order valence-electron chi connectivity index (χ4n) is 1.96. The fraction of sp³-hybridized carbons (Fsp3) is 0.562. The van der Waals surface area contributed by atoms with Crippen molar-refractivity contribution in [3.8, 4) is 0 Å². The lowest BCUT2D eigenvalue weighted by Gasteiger charge is -2.22. The molecule has 0 heterocycles. The van der Waals surface area contributed by atoms with Gasteiger partial charge < -0.3 is 15.0 Å². The van der Waals surface area contributed by atoms with Gasteiger partial charge in [0.2, 0.25) is 0 Å². The highest BCUT2D eigenvalue weighted by molar-refractivity contribution is 14.0. The molecule has 0 amide bonds. The Hall–Kier alpha value is -0.580. The summed E-state index contributed by atoms with van der Waals surface area (Å²) in [6.45, 7) is 4.42. The second kappa shape index (κ2) is 12.7. The number of hydrogen-bond donors (Lipinski definition) is 1. The van der Waals surface area contributed by atoms with Gasteiger partial charge in [-0.1, -0.05) is 29.8 Å². The summed E-state index contributed by atoms with van der Waals surface area (Å²) in [7, 11) is -1.04. The van der Waals surface area contributed by atoms with Gasteiger partial charge in [-0.25, -0.2) is 8.42 Å². The maximum Gasteiger partial charge on any atom is 0.194 e. The van der Waals surface area contributed by atoms with Gasteiger partial charge in [-0.05, 0) is 18.6 Å². The van der Waals surface area contributed by atoms with Gasteiger partial charge in [0.05, 0.1) is 25.5 Å². The summed E-state index contributed by atoms with van der Waals surface area (Å²) in [6.07, 6.45) is 1.20. The van der Waals surface area contributed by atoms with Crippen molar-refractivity contribution < 1.29 is 13.2 Å². The third kappa shape index (κ3) is 10.9. The number of hydrogen-bond acceptors (Lipinski definition) is 4. The minimum atomic E-state index is -2.98. The molecule has 0 saturated heterocycles. The molecule has 9 heteroatoms. The van der Waals surface area contributed by atoms with Crippen LogP contribution in [0.3, 0.4) is 0 Å². The van der Waals surface area contributed by atoms with Gasteiger partial charge in [-0.3, -0.25) is 4.99 Å². The van der Waals surface area contributed by atoms with Crippen LogP contribution < -0.4 is 5.32 Å². The predicted octanol–water partition coefficient (Wildman–Crippen LogP) is 2.42. The maximum atomic E-state index is 11.0. The number of rotatable bonds is 9. The van der Waals surface area contributed by atoms with Gasteiger partial charge >= 0.3 is 0 Å². The Balaban J connectivity index is 0.00000576. The van der Waals surface area contributed by atoms with E-state index < -0.39 is 9.84 Å². The highest BCUT2D eigenvalue weighted by Crippen LogP contribution is 2.16. The zero-order valence-electron chi connectivity index (χ0n) is 14.9. The Bertz CT molecular complexity index is 641. The van der Waals surface area contributed by atoms with Crippen molar-refractivity contribution in [2.75, 3.05) is 45.4 Å². The molecule has 0 atom stereocenters. The first kappa shape index (κ1) is 24.4. The lowest BCUT2D eigenvalue weighted by molar-refractivity contribution is 0.157. The Morgan fingerprint density at radius 2 is 2.00 bits per heavy atom. The highest BCUT2D eigenvalue weighted by Gasteiger charge is 2.08. The van der Waals surface area contributed by atoms with Crippen LogP contribution in [-0.4, -0.2) is 64.6 Å². The number of nitrogens with one attached hydrogen (secondary N) is 1. The molecule has 0 aliphatic heterocycles. The minimum Gasteiger partial charge on any atom is -0.378 e. The molecular weight excluding hydrogens is 477 g/mol. The van der Waals surface area contributed by atoms with E-state index in [1.807, 2.05) is 43.1 Å². The number of aliphatic imine (C=N–C) groups is 1. The van der Waals surface area contributed by atoms with Gasteiger partial charge in [-0.2, -0.15) is 0 Å². The van der Waals surface area contributed by atoms with Crippen LogP contribution in [0.1, 0.15) is 12.5 Å². The molecule has 0 saturated carbocycles. The van der Waals surface area contributed by atoms with E-state index in [0.717, 1.165) is 23.1 Å². The summed E-state index contributed by atoms with van der Waals surface area (Å²) in [5.74, 6) is 0.785. The molecule has 25 heavy (non-hydrogen) atoms. The van der Waals surface area contributed by atoms with Gasteiger partial charge in [0, 0.05) is 31.4 Å². The average molecular weight is 504 g/mol. The summed E-state index contributed by atoms with van der Waals surface area (Å²) in [5.41, 5.74) is 1.02. The van der Waals surface area contributed by atoms with E-state index in [1.54, 1.807) is 0 Å². The van der Waals surface area contributed by atoms with E-state index in [2.05, 4.69) is 10.3 Å². The number of sulfone groups is 1. The van der Waals surface area contributed by atoms with Crippen LogP contribution in [0.15, 0.2) is 29.3 Å². The summed E-state index contributed by atoms with van der Waals surface area (Å²) in [6, 6.07) is 7.70. The Morgan fingerprint density at radius 1 is 1.32 bits per heavy atom. The first-order valence-electron chi connectivity index (χ1n) is 7.82. The molecule has 0 aliphatic rings. The van der Waals surface area contributed by atoms with Gasteiger partial charge in [-0.15, -0.1) is 24.0 Å². The second-order valence-corrected chi connectivity index (χ2v) is 8.09. The second-order valence-electron chi connectivity index (χ2n) is 5.43. The molecule has 0 aliphatic carbocycles. The molecule has 0 fully saturated rings. The number of guanidine groups is 1. The fourth-order valence-corrected chi connectivity index (χ4v) is 2.57. The normalized spacial score (nSPS) is 11.8. The number of nitrogens with zero attached hydrogens (tertiary/aromatic N) is 2. The van der Waals surface area contributed by atoms with Crippen molar-refractivity contribution in [1.29, 1.82) is 0 Å². The topological polar surface area (TPSA) is 71.0 Å². The summed E-state index contributed by atoms with van der Waals surface area (Å²) >= 11 is 6.19. The average Bonchev–Trinajstić information content (AvgIpc) is 2.50. The Kier molecular flexibility index (Phi) is 12.4. The molecular formula is C16H27ClIN3O3S. The molecule has 0 spiro atoms. The molecule has 0 unspecified atom stereocenters. The van der Waals surface area contributed by atoms with Gasteiger partial charge in [0.25, 0.3) is 0 Å². The lowest BCUT2D eigenvalue weighted by Crippen LogP contribution is -2.38. The molecule has 1 N–H and O–H groups in total. The van der Waals surface area contributed by atoms with Crippen LogP contribution >= 0.6 is 35.6 Å². The van der Waals surface area contributed by atoms with E-state index in [-0.39, 0.29) is 36.3 Å². The molecule has 1 aromatic rings. The molecule has 0 radical (unpaired) electrons. The van der Waals surface area contributed by atoms with Crippen LogP contribution in [0.4, 0.5) is 0 Å². The SMILES string of the molecule is CCNC(=NCCOCCS(C)(=O)=O)N(C)Cc1ccccc1Cl.I. The highest BCUT2D eigenvalue weighted by atomic mass is 127. The van der Waals surface area contributed by atoms with Crippen LogP contribution in [0.5, 0.6) is 0 Å². The van der Waals surface area contributed by atoms with E-state index in [9.17, 15) is 8.42 Å². The van der Waals surface area contributed by atoms with Gasteiger partial charge in [0.1, 0.15) is 9.84 Å². The molecule has 144 valence electrons. The van der Waals surface area contributed by atoms with Crippen LogP contribution in [-0.2, 0) is 21.1 Å². The molecule has 1 rings (SSSR count). The lowest BCUT2D eigenvalue weighted by atomic mass is 10.2. The first-order valence-corrected chi connectivity index (χ1v) is 10.3. The zero-order chi connectivity index (χ0) is 18.0. The Morgan fingerprint density at radius 3 is 2.60 bits per heavy atom. The van der Waals surface area contributed by atoms with Crippen molar-refractivity contribution in [3.05, 3.63) is 34.9 Å².